The average molecular weight is 266 g/mol. The van der Waals surface area contributed by atoms with Crippen LogP contribution >= 0.6 is 0 Å². The summed E-state index contributed by atoms with van der Waals surface area (Å²) in [4.78, 5) is 0. The van der Waals surface area contributed by atoms with Crippen LogP contribution in [0, 0.1) is 23.7 Å². The van der Waals surface area contributed by atoms with Crippen molar-refractivity contribution in [2.24, 2.45) is 29.4 Å². The molecule has 2 heteroatoms. The molecule has 2 rings (SSSR count). The Morgan fingerprint density at radius 2 is 1.16 bits per heavy atom. The first kappa shape index (κ1) is 15.3. The lowest BCUT2D eigenvalue weighted by atomic mass is 9.80. The molecular weight excluding hydrogens is 232 g/mol. The van der Waals surface area contributed by atoms with Gasteiger partial charge in [0.25, 0.3) is 0 Å². The van der Waals surface area contributed by atoms with Crippen molar-refractivity contribution >= 4 is 0 Å². The van der Waals surface area contributed by atoms with Crippen LogP contribution in [0.15, 0.2) is 0 Å². The number of rotatable bonds is 6. The van der Waals surface area contributed by atoms with Gasteiger partial charge in [0, 0.05) is 0 Å². The predicted octanol–water partition coefficient (Wildman–Crippen LogP) is 3.56. The fourth-order valence-electron chi connectivity index (χ4n) is 4.01. The van der Waals surface area contributed by atoms with Crippen LogP contribution in [-0.4, -0.2) is 19.6 Å². The zero-order valence-corrected chi connectivity index (χ0v) is 12.9. The van der Waals surface area contributed by atoms with Crippen LogP contribution in [0.1, 0.15) is 64.7 Å². The highest BCUT2D eigenvalue weighted by atomic mass is 14.9. The first-order valence-corrected chi connectivity index (χ1v) is 8.72. The van der Waals surface area contributed by atoms with E-state index in [4.69, 9.17) is 5.73 Å². The van der Waals surface area contributed by atoms with E-state index in [1.54, 1.807) is 0 Å². The molecule has 0 saturated heterocycles. The highest BCUT2D eigenvalue weighted by Gasteiger charge is 2.22. The van der Waals surface area contributed by atoms with Crippen LogP contribution < -0.4 is 11.1 Å². The van der Waals surface area contributed by atoms with E-state index in [-0.39, 0.29) is 0 Å². The molecule has 0 aromatic rings. The van der Waals surface area contributed by atoms with E-state index < -0.39 is 0 Å². The third-order valence-electron chi connectivity index (χ3n) is 5.71. The van der Waals surface area contributed by atoms with Gasteiger partial charge in [-0.1, -0.05) is 26.2 Å². The van der Waals surface area contributed by atoms with E-state index in [0.717, 1.165) is 30.2 Å². The van der Waals surface area contributed by atoms with Gasteiger partial charge >= 0.3 is 0 Å². The first-order valence-electron chi connectivity index (χ1n) is 8.72. The van der Waals surface area contributed by atoms with Crippen molar-refractivity contribution in [3.63, 3.8) is 0 Å². The lowest BCUT2D eigenvalue weighted by Crippen LogP contribution is -2.32. The Labute approximate surface area is 119 Å². The van der Waals surface area contributed by atoms with Crippen LogP contribution in [-0.2, 0) is 0 Å². The third-order valence-corrected chi connectivity index (χ3v) is 5.71. The second-order valence-corrected chi connectivity index (χ2v) is 7.08. The van der Waals surface area contributed by atoms with Gasteiger partial charge in [-0.3, -0.25) is 0 Å². The lowest BCUT2D eigenvalue weighted by Gasteiger charge is -2.30. The molecule has 0 unspecified atom stereocenters. The maximum absolute atomic E-state index is 5.75. The highest BCUT2D eigenvalue weighted by Crippen LogP contribution is 2.30. The summed E-state index contributed by atoms with van der Waals surface area (Å²) in [5, 5.41) is 3.76. The summed E-state index contributed by atoms with van der Waals surface area (Å²) in [6.07, 6.45) is 12.8. The van der Waals surface area contributed by atoms with Gasteiger partial charge in [0.15, 0.2) is 0 Å². The van der Waals surface area contributed by atoms with Crippen molar-refractivity contribution in [2.45, 2.75) is 64.7 Å². The van der Waals surface area contributed by atoms with Crippen molar-refractivity contribution in [3.8, 4) is 0 Å². The number of nitrogens with two attached hydrogens (primary N) is 1. The van der Waals surface area contributed by atoms with E-state index in [2.05, 4.69) is 12.2 Å². The second-order valence-electron chi connectivity index (χ2n) is 7.08. The lowest BCUT2D eigenvalue weighted by molar-refractivity contribution is 0.242. The van der Waals surface area contributed by atoms with Gasteiger partial charge in [-0.25, -0.2) is 0 Å². The fourth-order valence-corrected chi connectivity index (χ4v) is 4.01. The van der Waals surface area contributed by atoms with Crippen LogP contribution in [0.5, 0.6) is 0 Å². The Morgan fingerprint density at radius 1 is 0.737 bits per heavy atom. The molecule has 0 aliphatic heterocycles. The van der Waals surface area contributed by atoms with E-state index in [1.807, 2.05) is 0 Å². The summed E-state index contributed by atoms with van der Waals surface area (Å²) in [5.41, 5.74) is 5.75. The topological polar surface area (TPSA) is 38.0 Å². The largest absolute Gasteiger partial charge is 0.330 e. The minimum atomic E-state index is 0.820. The smallest absolute Gasteiger partial charge is 0.00204 e. The van der Waals surface area contributed by atoms with Crippen LogP contribution in [0.2, 0.25) is 0 Å². The van der Waals surface area contributed by atoms with Crippen molar-refractivity contribution in [1.82, 2.24) is 5.32 Å². The quantitative estimate of drug-likeness (QED) is 0.771. The Balaban J connectivity index is 1.53. The van der Waals surface area contributed by atoms with Gasteiger partial charge in [-0.15, -0.1) is 0 Å². The van der Waals surface area contributed by atoms with Crippen molar-refractivity contribution < 1.29 is 0 Å². The molecule has 0 aromatic carbocycles. The summed E-state index contributed by atoms with van der Waals surface area (Å²) in [5.74, 6) is 3.74. The first-order chi connectivity index (χ1) is 9.31. The monoisotopic (exact) mass is 266 g/mol. The molecule has 0 radical (unpaired) electrons. The summed E-state index contributed by atoms with van der Waals surface area (Å²) in [6, 6.07) is 0. The van der Waals surface area contributed by atoms with Crippen LogP contribution in [0.25, 0.3) is 0 Å². The maximum Gasteiger partial charge on any atom is -0.00204 e. The van der Waals surface area contributed by atoms with Gasteiger partial charge in [-0.05, 0) is 81.8 Å². The van der Waals surface area contributed by atoms with Crippen molar-refractivity contribution in [2.75, 3.05) is 19.6 Å². The molecule has 2 aliphatic carbocycles. The molecule has 2 fully saturated rings. The predicted molar refractivity (Wildman–Crippen MR) is 83.1 cm³/mol. The zero-order chi connectivity index (χ0) is 13.5. The van der Waals surface area contributed by atoms with E-state index in [1.165, 1.54) is 70.9 Å². The molecule has 2 nitrogen and oxygen atoms in total. The van der Waals surface area contributed by atoms with Gasteiger partial charge < -0.3 is 11.1 Å². The third kappa shape index (κ3) is 5.07. The van der Waals surface area contributed by atoms with Crippen LogP contribution in [0.3, 0.4) is 0 Å². The molecule has 0 heterocycles. The van der Waals surface area contributed by atoms with E-state index in [9.17, 15) is 0 Å². The number of hydrogen-bond donors (Lipinski definition) is 2. The van der Waals surface area contributed by atoms with Crippen LogP contribution in [0.4, 0.5) is 0 Å². The summed E-state index contributed by atoms with van der Waals surface area (Å²) >= 11 is 0. The molecule has 2 aliphatic rings. The molecule has 0 atom stereocenters. The molecule has 0 bridgehead atoms. The van der Waals surface area contributed by atoms with Gasteiger partial charge in [0.1, 0.15) is 0 Å². The zero-order valence-electron chi connectivity index (χ0n) is 12.9. The van der Waals surface area contributed by atoms with Gasteiger partial charge in [0.2, 0.25) is 0 Å². The van der Waals surface area contributed by atoms with E-state index >= 15 is 0 Å². The molecule has 112 valence electrons. The molecule has 0 amide bonds. The maximum atomic E-state index is 5.75. The fraction of sp³-hybridized carbons (Fsp3) is 1.00. The summed E-state index contributed by atoms with van der Waals surface area (Å²) in [7, 11) is 0. The Bertz CT molecular complexity index is 201. The van der Waals surface area contributed by atoms with E-state index in [0.29, 0.717) is 0 Å². The molecule has 2 saturated carbocycles. The Hall–Kier alpha value is -0.0800. The van der Waals surface area contributed by atoms with Gasteiger partial charge in [-0.2, -0.15) is 0 Å². The standard InChI is InChI=1S/C17H34N2/c1-2-14-3-7-16(8-4-14)12-19-13-17-9-5-15(11-18)6-10-17/h14-17,19H,2-13,18H2,1H3. The highest BCUT2D eigenvalue weighted by molar-refractivity contribution is 4.77. The Morgan fingerprint density at radius 3 is 1.58 bits per heavy atom. The molecule has 0 spiro atoms. The molecule has 19 heavy (non-hydrogen) atoms. The number of nitrogens with one attached hydrogen (secondary N) is 1. The SMILES string of the molecule is CCC1CCC(CNCC2CCC(CN)CC2)CC1. The van der Waals surface area contributed by atoms with Gasteiger partial charge in [0.05, 0.1) is 0 Å². The van der Waals surface area contributed by atoms with Crippen molar-refractivity contribution in [1.29, 1.82) is 0 Å². The number of hydrogen-bond acceptors (Lipinski definition) is 2. The Kier molecular flexibility index (Phi) is 6.66. The minimum absolute atomic E-state index is 0.820. The molecular formula is C17H34N2. The summed E-state index contributed by atoms with van der Waals surface area (Å²) < 4.78 is 0. The minimum Gasteiger partial charge on any atom is -0.330 e. The van der Waals surface area contributed by atoms with Crippen molar-refractivity contribution in [3.05, 3.63) is 0 Å². The molecule has 0 aromatic heterocycles. The normalized spacial score (nSPS) is 36.3. The average Bonchev–Trinajstić information content (AvgIpc) is 2.49. The molecule has 3 N–H and O–H groups in total. The summed E-state index contributed by atoms with van der Waals surface area (Å²) in [6.45, 7) is 5.78. The second kappa shape index (κ2) is 8.26.